The van der Waals surface area contributed by atoms with E-state index in [2.05, 4.69) is 19.2 Å². The van der Waals surface area contributed by atoms with Gasteiger partial charge in [-0.2, -0.15) is 0 Å². The van der Waals surface area contributed by atoms with Crippen molar-refractivity contribution in [2.75, 3.05) is 5.73 Å². The Morgan fingerprint density at radius 1 is 1.32 bits per heavy atom. The number of benzene rings is 1. The molecular formula is C14H20Cl2N2O. The minimum Gasteiger partial charge on any atom is -0.396 e. The van der Waals surface area contributed by atoms with E-state index < -0.39 is 0 Å². The molecule has 0 radical (unpaired) electrons. The molecule has 19 heavy (non-hydrogen) atoms. The summed E-state index contributed by atoms with van der Waals surface area (Å²) in [6.45, 7) is 6.29. The third-order valence-corrected chi connectivity index (χ3v) is 3.80. The number of carbonyl (C=O) groups excluding carboxylic acids is 1. The van der Waals surface area contributed by atoms with E-state index in [1.807, 2.05) is 6.92 Å². The fraction of sp³-hybridized carbons (Fsp3) is 0.500. The second-order valence-corrected chi connectivity index (χ2v) is 5.79. The van der Waals surface area contributed by atoms with Gasteiger partial charge in [-0.05, 0) is 31.4 Å². The lowest BCUT2D eigenvalue weighted by molar-refractivity contribution is 0.0935. The first-order valence-corrected chi connectivity index (χ1v) is 7.16. The van der Waals surface area contributed by atoms with E-state index in [9.17, 15) is 4.79 Å². The third kappa shape index (κ3) is 4.59. The van der Waals surface area contributed by atoms with Gasteiger partial charge in [0.15, 0.2) is 0 Å². The standard InChI is InChI=1S/C14H20Cl2N2O/c1-4-8(2)5-9(3)18-14(19)10-6-11(15)13(17)12(16)7-10/h6-9H,4-5,17H2,1-3H3,(H,18,19). The molecule has 0 heterocycles. The molecule has 2 unspecified atom stereocenters. The molecule has 0 bridgehead atoms. The van der Waals surface area contributed by atoms with Gasteiger partial charge in [0.1, 0.15) is 0 Å². The molecule has 0 saturated carbocycles. The SMILES string of the molecule is CCC(C)CC(C)NC(=O)c1cc(Cl)c(N)c(Cl)c1. The summed E-state index contributed by atoms with van der Waals surface area (Å²) >= 11 is 11.8. The average Bonchev–Trinajstić information content (AvgIpc) is 2.34. The first-order chi connectivity index (χ1) is 8.85. The molecular weight excluding hydrogens is 283 g/mol. The third-order valence-electron chi connectivity index (χ3n) is 3.17. The van der Waals surface area contributed by atoms with E-state index in [-0.39, 0.29) is 11.9 Å². The largest absolute Gasteiger partial charge is 0.396 e. The summed E-state index contributed by atoms with van der Waals surface area (Å²) in [4.78, 5) is 12.1. The molecule has 0 saturated heterocycles. The number of nitrogens with two attached hydrogens (primary N) is 1. The minimum absolute atomic E-state index is 0.109. The molecule has 0 aliphatic rings. The molecule has 0 spiro atoms. The highest BCUT2D eigenvalue weighted by Crippen LogP contribution is 2.28. The molecule has 3 N–H and O–H groups in total. The van der Waals surface area contributed by atoms with Crippen molar-refractivity contribution < 1.29 is 4.79 Å². The van der Waals surface area contributed by atoms with E-state index in [1.165, 1.54) is 12.1 Å². The van der Waals surface area contributed by atoms with Crippen molar-refractivity contribution >= 4 is 34.8 Å². The van der Waals surface area contributed by atoms with E-state index in [0.29, 0.717) is 27.2 Å². The molecule has 1 aromatic carbocycles. The Labute approximate surface area is 124 Å². The van der Waals surface area contributed by atoms with Crippen LogP contribution in [-0.2, 0) is 0 Å². The molecule has 0 aromatic heterocycles. The molecule has 5 heteroatoms. The van der Waals surface area contributed by atoms with Crippen molar-refractivity contribution in [3.8, 4) is 0 Å². The van der Waals surface area contributed by atoms with E-state index in [1.54, 1.807) is 0 Å². The van der Waals surface area contributed by atoms with Crippen molar-refractivity contribution in [1.82, 2.24) is 5.32 Å². The first kappa shape index (κ1) is 16.1. The van der Waals surface area contributed by atoms with Crippen LogP contribution in [-0.4, -0.2) is 11.9 Å². The molecule has 0 aliphatic heterocycles. The maximum atomic E-state index is 12.1. The number of rotatable bonds is 5. The Morgan fingerprint density at radius 2 is 1.84 bits per heavy atom. The summed E-state index contributed by atoms with van der Waals surface area (Å²) in [5.74, 6) is 0.397. The molecule has 2 atom stereocenters. The summed E-state index contributed by atoms with van der Waals surface area (Å²) in [5.41, 5.74) is 6.37. The smallest absolute Gasteiger partial charge is 0.251 e. The zero-order valence-corrected chi connectivity index (χ0v) is 13.0. The van der Waals surface area contributed by atoms with Gasteiger partial charge in [0.25, 0.3) is 5.91 Å². The number of nitrogen functional groups attached to an aromatic ring is 1. The van der Waals surface area contributed by atoms with Gasteiger partial charge in [-0.1, -0.05) is 43.5 Å². The highest BCUT2D eigenvalue weighted by atomic mass is 35.5. The van der Waals surface area contributed by atoms with Crippen LogP contribution in [0.25, 0.3) is 0 Å². The lowest BCUT2D eigenvalue weighted by atomic mass is 10.00. The van der Waals surface area contributed by atoms with Crippen molar-refractivity contribution in [2.45, 2.75) is 39.7 Å². The molecule has 1 amide bonds. The van der Waals surface area contributed by atoms with Crippen LogP contribution in [0, 0.1) is 5.92 Å². The Hall–Kier alpha value is -0.930. The van der Waals surface area contributed by atoms with Crippen LogP contribution in [0.1, 0.15) is 44.0 Å². The Balaban J connectivity index is 2.73. The van der Waals surface area contributed by atoms with Crippen LogP contribution in [0.2, 0.25) is 10.0 Å². The normalized spacial score (nSPS) is 13.9. The van der Waals surface area contributed by atoms with E-state index in [4.69, 9.17) is 28.9 Å². The van der Waals surface area contributed by atoms with Gasteiger partial charge in [0.2, 0.25) is 0 Å². The predicted molar refractivity (Wildman–Crippen MR) is 81.9 cm³/mol. The van der Waals surface area contributed by atoms with Gasteiger partial charge >= 0.3 is 0 Å². The molecule has 0 aliphatic carbocycles. The Kier molecular flexibility index (Phi) is 5.95. The molecule has 0 fully saturated rings. The zero-order valence-electron chi connectivity index (χ0n) is 11.5. The molecule has 1 rings (SSSR count). The van der Waals surface area contributed by atoms with Gasteiger partial charge in [-0.15, -0.1) is 0 Å². The second-order valence-electron chi connectivity index (χ2n) is 4.98. The lowest BCUT2D eigenvalue weighted by Gasteiger charge is -2.18. The number of hydrogen-bond donors (Lipinski definition) is 2. The van der Waals surface area contributed by atoms with Crippen LogP contribution >= 0.6 is 23.2 Å². The minimum atomic E-state index is -0.181. The molecule has 1 aromatic rings. The summed E-state index contributed by atoms with van der Waals surface area (Å²) < 4.78 is 0. The average molecular weight is 303 g/mol. The number of nitrogens with one attached hydrogen (secondary N) is 1. The van der Waals surface area contributed by atoms with Crippen LogP contribution < -0.4 is 11.1 Å². The Morgan fingerprint density at radius 3 is 2.32 bits per heavy atom. The first-order valence-electron chi connectivity index (χ1n) is 6.40. The number of halogens is 2. The number of anilines is 1. The topological polar surface area (TPSA) is 55.1 Å². The molecule has 106 valence electrons. The van der Waals surface area contributed by atoms with Crippen LogP contribution in [0.5, 0.6) is 0 Å². The quantitative estimate of drug-likeness (QED) is 0.804. The highest BCUT2D eigenvalue weighted by molar-refractivity contribution is 6.39. The van der Waals surface area contributed by atoms with Crippen molar-refractivity contribution in [2.24, 2.45) is 5.92 Å². The summed E-state index contributed by atoms with van der Waals surface area (Å²) in [5, 5.41) is 3.53. The lowest BCUT2D eigenvalue weighted by Crippen LogP contribution is -2.33. The predicted octanol–water partition coefficient (Wildman–Crippen LogP) is 4.13. The van der Waals surface area contributed by atoms with Gasteiger partial charge in [-0.25, -0.2) is 0 Å². The zero-order chi connectivity index (χ0) is 14.6. The van der Waals surface area contributed by atoms with Gasteiger partial charge in [-0.3, -0.25) is 4.79 Å². The van der Waals surface area contributed by atoms with Gasteiger partial charge in [0, 0.05) is 11.6 Å². The van der Waals surface area contributed by atoms with Crippen LogP contribution in [0.15, 0.2) is 12.1 Å². The van der Waals surface area contributed by atoms with Crippen LogP contribution in [0.3, 0.4) is 0 Å². The van der Waals surface area contributed by atoms with Crippen molar-refractivity contribution in [3.05, 3.63) is 27.7 Å². The Bertz CT molecular complexity index is 440. The number of hydrogen-bond acceptors (Lipinski definition) is 2. The maximum absolute atomic E-state index is 12.1. The summed E-state index contributed by atoms with van der Waals surface area (Å²) in [7, 11) is 0. The van der Waals surface area contributed by atoms with Gasteiger partial charge in [0.05, 0.1) is 15.7 Å². The number of carbonyl (C=O) groups is 1. The van der Waals surface area contributed by atoms with Crippen molar-refractivity contribution in [3.63, 3.8) is 0 Å². The van der Waals surface area contributed by atoms with E-state index >= 15 is 0 Å². The van der Waals surface area contributed by atoms with Gasteiger partial charge < -0.3 is 11.1 Å². The second kappa shape index (κ2) is 7.01. The summed E-state index contributed by atoms with van der Waals surface area (Å²) in [6, 6.07) is 3.18. The van der Waals surface area contributed by atoms with Crippen LogP contribution in [0.4, 0.5) is 5.69 Å². The monoisotopic (exact) mass is 302 g/mol. The fourth-order valence-electron chi connectivity index (χ4n) is 1.85. The molecule has 3 nitrogen and oxygen atoms in total. The number of amides is 1. The highest BCUT2D eigenvalue weighted by Gasteiger charge is 2.14. The van der Waals surface area contributed by atoms with Crippen molar-refractivity contribution in [1.29, 1.82) is 0 Å². The maximum Gasteiger partial charge on any atom is 0.251 e. The summed E-state index contributed by atoms with van der Waals surface area (Å²) in [6.07, 6.45) is 2.04. The van der Waals surface area contributed by atoms with E-state index in [0.717, 1.165) is 12.8 Å². The fourth-order valence-corrected chi connectivity index (χ4v) is 2.34.